The Kier molecular flexibility index (Phi) is 3.88. The third-order valence-electron chi connectivity index (χ3n) is 2.35. The molecular formula is C12H18N2O2. The minimum absolute atomic E-state index is 0.0706. The number of aromatic carboxylic acids is 1. The number of anilines is 1. The van der Waals surface area contributed by atoms with Gasteiger partial charge in [0.05, 0.1) is 5.56 Å². The zero-order chi connectivity index (χ0) is 12.2. The molecule has 16 heavy (non-hydrogen) atoms. The van der Waals surface area contributed by atoms with Crippen molar-refractivity contribution in [1.82, 2.24) is 4.98 Å². The minimum atomic E-state index is -0.932. The van der Waals surface area contributed by atoms with Gasteiger partial charge in [0.1, 0.15) is 5.82 Å². The quantitative estimate of drug-likeness (QED) is 0.804. The Bertz CT molecular complexity index is 375. The molecule has 2 N–H and O–H groups in total. The van der Waals surface area contributed by atoms with E-state index in [1.807, 2.05) is 0 Å². The number of nitrogens with zero attached hydrogens (tertiary/aromatic N) is 1. The van der Waals surface area contributed by atoms with Gasteiger partial charge in [0, 0.05) is 11.7 Å². The lowest BCUT2D eigenvalue weighted by Gasteiger charge is -2.26. The molecule has 1 aromatic heterocycles. The summed E-state index contributed by atoms with van der Waals surface area (Å²) >= 11 is 0. The maximum absolute atomic E-state index is 10.8. The lowest BCUT2D eigenvalue weighted by Crippen LogP contribution is -2.31. The molecule has 1 heterocycles. The second kappa shape index (κ2) is 4.96. The molecule has 1 rings (SSSR count). The largest absolute Gasteiger partial charge is 0.478 e. The zero-order valence-electron chi connectivity index (χ0n) is 9.95. The molecule has 88 valence electrons. The second-order valence-corrected chi connectivity index (χ2v) is 4.49. The van der Waals surface area contributed by atoms with Crippen molar-refractivity contribution in [2.75, 3.05) is 5.32 Å². The van der Waals surface area contributed by atoms with Crippen molar-refractivity contribution in [2.45, 2.75) is 39.2 Å². The van der Waals surface area contributed by atoms with Crippen molar-refractivity contribution >= 4 is 11.8 Å². The van der Waals surface area contributed by atoms with Crippen LogP contribution in [-0.2, 0) is 0 Å². The molecule has 0 aliphatic rings. The van der Waals surface area contributed by atoms with Crippen LogP contribution in [0.5, 0.6) is 0 Å². The van der Waals surface area contributed by atoms with Crippen molar-refractivity contribution < 1.29 is 9.90 Å². The molecule has 0 aliphatic carbocycles. The Morgan fingerprint density at radius 2 is 2.25 bits per heavy atom. The lowest BCUT2D eigenvalue weighted by molar-refractivity contribution is 0.0697. The Labute approximate surface area is 95.7 Å². The Morgan fingerprint density at radius 3 is 2.81 bits per heavy atom. The SMILES string of the molecule is CCCC(C)(C)Nc1cc(C(=O)O)ccn1. The molecule has 0 unspecified atom stereocenters. The van der Waals surface area contributed by atoms with E-state index in [4.69, 9.17) is 5.11 Å². The topological polar surface area (TPSA) is 62.2 Å². The van der Waals surface area contributed by atoms with Crippen LogP contribution in [0.25, 0.3) is 0 Å². The molecule has 0 amide bonds. The molecule has 4 nitrogen and oxygen atoms in total. The fraction of sp³-hybridized carbons (Fsp3) is 0.500. The van der Waals surface area contributed by atoms with Crippen LogP contribution in [0.1, 0.15) is 44.0 Å². The maximum Gasteiger partial charge on any atom is 0.335 e. The second-order valence-electron chi connectivity index (χ2n) is 4.49. The number of carboxylic acid groups (broad SMARTS) is 1. The number of aromatic nitrogens is 1. The normalized spacial score (nSPS) is 11.2. The van der Waals surface area contributed by atoms with E-state index in [9.17, 15) is 4.79 Å². The van der Waals surface area contributed by atoms with Gasteiger partial charge in [-0.2, -0.15) is 0 Å². The summed E-state index contributed by atoms with van der Waals surface area (Å²) in [7, 11) is 0. The van der Waals surface area contributed by atoms with Gasteiger partial charge in [-0.15, -0.1) is 0 Å². The van der Waals surface area contributed by atoms with Crippen molar-refractivity contribution in [3.8, 4) is 0 Å². The van der Waals surface area contributed by atoms with Crippen molar-refractivity contribution in [3.63, 3.8) is 0 Å². The number of pyridine rings is 1. The molecule has 0 fully saturated rings. The highest BCUT2D eigenvalue weighted by molar-refractivity contribution is 5.88. The smallest absolute Gasteiger partial charge is 0.335 e. The number of carbonyl (C=O) groups is 1. The van der Waals surface area contributed by atoms with Crippen molar-refractivity contribution in [3.05, 3.63) is 23.9 Å². The highest BCUT2D eigenvalue weighted by atomic mass is 16.4. The maximum atomic E-state index is 10.8. The predicted octanol–water partition coefficient (Wildman–Crippen LogP) is 2.77. The van der Waals surface area contributed by atoms with E-state index in [1.165, 1.54) is 12.3 Å². The predicted molar refractivity (Wildman–Crippen MR) is 63.8 cm³/mol. The summed E-state index contributed by atoms with van der Waals surface area (Å²) in [6, 6.07) is 3.04. The van der Waals surface area contributed by atoms with Crippen LogP contribution in [0.4, 0.5) is 5.82 Å². The van der Waals surface area contributed by atoms with Gasteiger partial charge in [-0.1, -0.05) is 13.3 Å². The summed E-state index contributed by atoms with van der Waals surface area (Å²) < 4.78 is 0. The first-order valence-corrected chi connectivity index (χ1v) is 5.42. The van der Waals surface area contributed by atoms with E-state index in [-0.39, 0.29) is 11.1 Å². The molecule has 0 aromatic carbocycles. The fourth-order valence-corrected chi connectivity index (χ4v) is 1.67. The summed E-state index contributed by atoms with van der Waals surface area (Å²) in [5.74, 6) is -0.322. The van der Waals surface area contributed by atoms with Crippen LogP contribution in [0.3, 0.4) is 0 Å². The number of carboxylic acids is 1. The summed E-state index contributed by atoms with van der Waals surface area (Å²) in [4.78, 5) is 14.9. The summed E-state index contributed by atoms with van der Waals surface area (Å²) in [5, 5.41) is 12.1. The first-order valence-electron chi connectivity index (χ1n) is 5.42. The number of rotatable bonds is 5. The van der Waals surface area contributed by atoms with Crippen LogP contribution in [-0.4, -0.2) is 21.6 Å². The van der Waals surface area contributed by atoms with Gasteiger partial charge in [-0.05, 0) is 32.4 Å². The van der Waals surface area contributed by atoms with E-state index >= 15 is 0 Å². The van der Waals surface area contributed by atoms with Gasteiger partial charge in [0.15, 0.2) is 0 Å². The molecule has 4 heteroatoms. The Balaban J connectivity index is 2.81. The molecule has 0 aliphatic heterocycles. The first-order chi connectivity index (χ1) is 7.44. The number of hydrogen-bond acceptors (Lipinski definition) is 3. The van der Waals surface area contributed by atoms with Crippen molar-refractivity contribution in [1.29, 1.82) is 0 Å². The highest BCUT2D eigenvalue weighted by Gasteiger charge is 2.17. The highest BCUT2D eigenvalue weighted by Crippen LogP contribution is 2.18. The van der Waals surface area contributed by atoms with E-state index in [0.29, 0.717) is 5.82 Å². The Hall–Kier alpha value is -1.58. The van der Waals surface area contributed by atoms with E-state index in [1.54, 1.807) is 6.07 Å². The summed E-state index contributed by atoms with van der Waals surface area (Å²) in [6.07, 6.45) is 3.58. The van der Waals surface area contributed by atoms with E-state index in [0.717, 1.165) is 12.8 Å². The third kappa shape index (κ3) is 3.53. The standard InChI is InChI=1S/C12H18N2O2/c1-4-6-12(2,3)14-10-8-9(11(15)16)5-7-13-10/h5,7-8H,4,6H2,1-3H3,(H,13,14)(H,15,16). The third-order valence-corrected chi connectivity index (χ3v) is 2.35. The van der Waals surface area contributed by atoms with E-state index in [2.05, 4.69) is 31.1 Å². The van der Waals surface area contributed by atoms with Gasteiger partial charge < -0.3 is 10.4 Å². The monoisotopic (exact) mass is 222 g/mol. The number of hydrogen-bond donors (Lipinski definition) is 2. The molecule has 0 saturated heterocycles. The first kappa shape index (κ1) is 12.5. The lowest BCUT2D eigenvalue weighted by atomic mass is 9.99. The van der Waals surface area contributed by atoms with Crippen LogP contribution < -0.4 is 5.32 Å². The number of nitrogens with one attached hydrogen (secondary N) is 1. The summed E-state index contributed by atoms with van der Waals surface area (Å²) in [5.41, 5.74) is 0.184. The average molecular weight is 222 g/mol. The summed E-state index contributed by atoms with van der Waals surface area (Å²) in [6.45, 7) is 6.27. The minimum Gasteiger partial charge on any atom is -0.478 e. The average Bonchev–Trinajstić information content (AvgIpc) is 2.17. The van der Waals surface area contributed by atoms with Gasteiger partial charge >= 0.3 is 5.97 Å². The molecule has 0 radical (unpaired) electrons. The van der Waals surface area contributed by atoms with Gasteiger partial charge in [0.2, 0.25) is 0 Å². The van der Waals surface area contributed by atoms with Crippen LogP contribution >= 0.6 is 0 Å². The van der Waals surface area contributed by atoms with Crippen LogP contribution in [0.15, 0.2) is 18.3 Å². The molecule has 0 saturated carbocycles. The molecular weight excluding hydrogens is 204 g/mol. The molecule has 0 bridgehead atoms. The Morgan fingerprint density at radius 1 is 1.56 bits per heavy atom. The van der Waals surface area contributed by atoms with Gasteiger partial charge in [0.25, 0.3) is 0 Å². The van der Waals surface area contributed by atoms with Gasteiger partial charge in [-0.25, -0.2) is 9.78 Å². The molecule has 0 atom stereocenters. The van der Waals surface area contributed by atoms with Crippen LogP contribution in [0, 0.1) is 0 Å². The molecule has 0 spiro atoms. The molecule has 1 aromatic rings. The van der Waals surface area contributed by atoms with Crippen molar-refractivity contribution in [2.24, 2.45) is 0 Å². The van der Waals surface area contributed by atoms with E-state index < -0.39 is 5.97 Å². The zero-order valence-corrected chi connectivity index (χ0v) is 9.95. The van der Waals surface area contributed by atoms with Crippen LogP contribution in [0.2, 0.25) is 0 Å². The fourth-order valence-electron chi connectivity index (χ4n) is 1.67. The van der Waals surface area contributed by atoms with Gasteiger partial charge in [-0.3, -0.25) is 0 Å².